The molecule has 1 heterocycles. The SMILES string of the molecule is C[C@H](CCc1ccccc1)NC(=O)c1ccc2c(c1)ncn2C. The largest absolute Gasteiger partial charge is 0.350 e. The van der Waals surface area contributed by atoms with Crippen molar-refractivity contribution in [3.63, 3.8) is 0 Å². The number of carbonyl (C=O) groups is 1. The molecule has 0 aliphatic rings. The first-order chi connectivity index (χ1) is 11.1. The molecule has 1 atom stereocenters. The van der Waals surface area contributed by atoms with Gasteiger partial charge in [-0.25, -0.2) is 4.98 Å². The molecule has 1 N–H and O–H groups in total. The van der Waals surface area contributed by atoms with Crippen LogP contribution in [-0.4, -0.2) is 21.5 Å². The number of aryl methyl sites for hydroxylation is 2. The van der Waals surface area contributed by atoms with E-state index in [1.807, 2.05) is 54.9 Å². The molecule has 0 aliphatic carbocycles. The van der Waals surface area contributed by atoms with Crippen LogP contribution in [0.3, 0.4) is 0 Å². The maximum atomic E-state index is 12.4. The number of aromatic nitrogens is 2. The molecule has 0 saturated carbocycles. The van der Waals surface area contributed by atoms with E-state index in [0.717, 1.165) is 23.9 Å². The van der Waals surface area contributed by atoms with Crippen molar-refractivity contribution in [1.82, 2.24) is 14.9 Å². The molecule has 0 bridgehead atoms. The van der Waals surface area contributed by atoms with Gasteiger partial charge in [-0.05, 0) is 43.5 Å². The van der Waals surface area contributed by atoms with Gasteiger partial charge in [0.2, 0.25) is 0 Å². The van der Waals surface area contributed by atoms with Crippen LogP contribution in [-0.2, 0) is 13.5 Å². The summed E-state index contributed by atoms with van der Waals surface area (Å²) in [5.41, 5.74) is 3.82. The lowest BCUT2D eigenvalue weighted by atomic mass is 10.1. The van der Waals surface area contributed by atoms with Gasteiger partial charge in [0.25, 0.3) is 5.91 Å². The van der Waals surface area contributed by atoms with E-state index in [9.17, 15) is 4.79 Å². The molecule has 0 unspecified atom stereocenters. The van der Waals surface area contributed by atoms with Gasteiger partial charge in [0, 0.05) is 18.7 Å². The fourth-order valence-electron chi connectivity index (χ4n) is 2.68. The van der Waals surface area contributed by atoms with Crippen molar-refractivity contribution in [2.45, 2.75) is 25.8 Å². The predicted molar refractivity (Wildman–Crippen MR) is 92.4 cm³/mol. The lowest BCUT2D eigenvalue weighted by Crippen LogP contribution is -2.32. The van der Waals surface area contributed by atoms with E-state index >= 15 is 0 Å². The van der Waals surface area contributed by atoms with Gasteiger partial charge in [0.15, 0.2) is 0 Å². The first-order valence-corrected chi connectivity index (χ1v) is 7.89. The average molecular weight is 307 g/mol. The van der Waals surface area contributed by atoms with Gasteiger partial charge in [-0.15, -0.1) is 0 Å². The number of amides is 1. The second-order valence-electron chi connectivity index (χ2n) is 5.96. The third kappa shape index (κ3) is 3.59. The smallest absolute Gasteiger partial charge is 0.251 e. The molecule has 0 radical (unpaired) electrons. The first-order valence-electron chi connectivity index (χ1n) is 7.89. The van der Waals surface area contributed by atoms with Crippen molar-refractivity contribution in [2.24, 2.45) is 7.05 Å². The maximum absolute atomic E-state index is 12.4. The van der Waals surface area contributed by atoms with Crippen molar-refractivity contribution in [3.8, 4) is 0 Å². The number of nitrogens with one attached hydrogen (secondary N) is 1. The molecule has 0 spiro atoms. The molecular formula is C19H21N3O. The summed E-state index contributed by atoms with van der Waals surface area (Å²) >= 11 is 0. The average Bonchev–Trinajstić information content (AvgIpc) is 2.94. The van der Waals surface area contributed by atoms with Gasteiger partial charge >= 0.3 is 0 Å². The van der Waals surface area contributed by atoms with Crippen LogP contribution in [0.15, 0.2) is 54.9 Å². The summed E-state index contributed by atoms with van der Waals surface area (Å²) in [6.07, 6.45) is 3.64. The number of hydrogen-bond donors (Lipinski definition) is 1. The van der Waals surface area contributed by atoms with Crippen LogP contribution in [0.1, 0.15) is 29.3 Å². The Balaban J connectivity index is 1.60. The Morgan fingerprint density at radius 2 is 2.00 bits per heavy atom. The van der Waals surface area contributed by atoms with Crippen molar-refractivity contribution in [1.29, 1.82) is 0 Å². The van der Waals surface area contributed by atoms with E-state index in [-0.39, 0.29) is 11.9 Å². The van der Waals surface area contributed by atoms with E-state index in [1.54, 1.807) is 6.33 Å². The highest BCUT2D eigenvalue weighted by Crippen LogP contribution is 2.14. The summed E-state index contributed by atoms with van der Waals surface area (Å²) in [5.74, 6) is -0.0434. The minimum atomic E-state index is -0.0434. The van der Waals surface area contributed by atoms with Crippen molar-refractivity contribution in [2.75, 3.05) is 0 Å². The van der Waals surface area contributed by atoms with Crippen LogP contribution < -0.4 is 5.32 Å². The standard InChI is InChI=1S/C19H21N3O/c1-14(8-9-15-6-4-3-5-7-15)21-19(23)16-10-11-18-17(12-16)20-13-22(18)2/h3-7,10-14H,8-9H2,1-2H3,(H,21,23)/t14-/m1/s1. The number of rotatable bonds is 5. The van der Waals surface area contributed by atoms with Gasteiger partial charge in [0.05, 0.1) is 17.4 Å². The molecule has 3 aromatic rings. The molecule has 118 valence electrons. The molecule has 2 aromatic carbocycles. The lowest BCUT2D eigenvalue weighted by molar-refractivity contribution is 0.0938. The van der Waals surface area contributed by atoms with Gasteiger partial charge in [-0.1, -0.05) is 30.3 Å². The van der Waals surface area contributed by atoms with E-state index < -0.39 is 0 Å². The molecular weight excluding hydrogens is 286 g/mol. The Morgan fingerprint density at radius 1 is 1.22 bits per heavy atom. The first kappa shape index (κ1) is 15.3. The normalized spacial score (nSPS) is 12.3. The molecule has 0 saturated heterocycles. The molecule has 0 aliphatic heterocycles. The second kappa shape index (κ2) is 6.65. The highest BCUT2D eigenvalue weighted by atomic mass is 16.1. The number of carbonyl (C=O) groups excluding carboxylic acids is 1. The fraction of sp³-hybridized carbons (Fsp3) is 0.263. The third-order valence-corrected chi connectivity index (χ3v) is 4.07. The van der Waals surface area contributed by atoms with Crippen LogP contribution in [0.5, 0.6) is 0 Å². The number of imidazole rings is 1. The van der Waals surface area contributed by atoms with E-state index in [4.69, 9.17) is 0 Å². The monoisotopic (exact) mass is 307 g/mol. The Hall–Kier alpha value is -2.62. The Bertz CT molecular complexity index is 808. The van der Waals surface area contributed by atoms with Crippen LogP contribution >= 0.6 is 0 Å². The molecule has 23 heavy (non-hydrogen) atoms. The Morgan fingerprint density at radius 3 is 2.78 bits per heavy atom. The molecule has 0 fully saturated rings. The van der Waals surface area contributed by atoms with Gasteiger partial charge < -0.3 is 9.88 Å². The summed E-state index contributed by atoms with van der Waals surface area (Å²) in [7, 11) is 1.95. The lowest BCUT2D eigenvalue weighted by Gasteiger charge is -2.14. The van der Waals surface area contributed by atoms with E-state index in [2.05, 4.69) is 22.4 Å². The van der Waals surface area contributed by atoms with Gasteiger partial charge in [0.1, 0.15) is 0 Å². The molecule has 3 rings (SSSR count). The number of nitrogens with zero attached hydrogens (tertiary/aromatic N) is 2. The topological polar surface area (TPSA) is 46.9 Å². The second-order valence-corrected chi connectivity index (χ2v) is 5.96. The van der Waals surface area contributed by atoms with Crippen molar-refractivity contribution in [3.05, 3.63) is 66.0 Å². The minimum absolute atomic E-state index is 0.0434. The summed E-state index contributed by atoms with van der Waals surface area (Å²) in [4.78, 5) is 16.7. The zero-order valence-corrected chi connectivity index (χ0v) is 13.5. The van der Waals surface area contributed by atoms with Gasteiger partial charge in [-0.2, -0.15) is 0 Å². The summed E-state index contributed by atoms with van der Waals surface area (Å²) in [6.45, 7) is 2.04. The molecule has 4 nitrogen and oxygen atoms in total. The minimum Gasteiger partial charge on any atom is -0.350 e. The van der Waals surface area contributed by atoms with Gasteiger partial charge in [-0.3, -0.25) is 4.79 Å². The molecule has 1 amide bonds. The fourth-order valence-corrected chi connectivity index (χ4v) is 2.68. The van der Waals surface area contributed by atoms with Crippen molar-refractivity contribution < 1.29 is 4.79 Å². The summed E-state index contributed by atoms with van der Waals surface area (Å²) in [6, 6.07) is 16.1. The Labute approximate surface area is 136 Å². The van der Waals surface area contributed by atoms with Crippen LogP contribution in [0.25, 0.3) is 11.0 Å². The molecule has 4 heteroatoms. The van der Waals surface area contributed by atoms with Crippen molar-refractivity contribution >= 4 is 16.9 Å². The highest BCUT2D eigenvalue weighted by molar-refractivity contribution is 5.97. The van der Waals surface area contributed by atoms with Crippen LogP contribution in [0, 0.1) is 0 Å². The third-order valence-electron chi connectivity index (χ3n) is 4.07. The summed E-state index contributed by atoms with van der Waals surface area (Å²) in [5, 5.41) is 3.06. The zero-order valence-electron chi connectivity index (χ0n) is 13.5. The molecule has 1 aromatic heterocycles. The van der Waals surface area contributed by atoms with E-state index in [1.165, 1.54) is 5.56 Å². The zero-order chi connectivity index (χ0) is 16.2. The number of fused-ring (bicyclic) bond motifs is 1. The van der Waals surface area contributed by atoms with E-state index in [0.29, 0.717) is 5.56 Å². The van der Waals surface area contributed by atoms with Crippen LogP contribution in [0.2, 0.25) is 0 Å². The summed E-state index contributed by atoms with van der Waals surface area (Å²) < 4.78 is 1.94. The highest BCUT2D eigenvalue weighted by Gasteiger charge is 2.11. The quantitative estimate of drug-likeness (QED) is 0.786. The predicted octanol–water partition coefficient (Wildman–Crippen LogP) is 3.32. The Kier molecular flexibility index (Phi) is 4.42. The number of hydrogen-bond acceptors (Lipinski definition) is 2. The maximum Gasteiger partial charge on any atom is 0.251 e. The number of benzene rings is 2. The van der Waals surface area contributed by atoms with Crippen LogP contribution in [0.4, 0.5) is 0 Å².